The fourth-order valence-corrected chi connectivity index (χ4v) is 3.23. The molecule has 4 nitrogen and oxygen atoms in total. The van der Waals surface area contributed by atoms with Gasteiger partial charge in [0.25, 0.3) is 0 Å². The van der Waals surface area contributed by atoms with E-state index in [9.17, 15) is 0 Å². The fraction of sp³-hybridized carbons (Fsp3) is 0.526. The maximum atomic E-state index is 6.52. The molecule has 0 saturated carbocycles. The predicted octanol–water partition coefficient (Wildman–Crippen LogP) is 4.74. The average molecular weight is 384 g/mol. The molecule has 0 fully saturated rings. The van der Waals surface area contributed by atoms with Crippen LogP contribution in [-0.4, -0.2) is 41.7 Å². The van der Waals surface area contributed by atoms with Gasteiger partial charge in [-0.2, -0.15) is 0 Å². The second-order valence-corrected chi connectivity index (χ2v) is 7.39. The van der Waals surface area contributed by atoms with E-state index >= 15 is 0 Å². The molecule has 1 heterocycles. The summed E-state index contributed by atoms with van der Waals surface area (Å²) in [6.07, 6.45) is 6.69. The Morgan fingerprint density at radius 3 is 2.56 bits per heavy atom. The van der Waals surface area contributed by atoms with Gasteiger partial charge in [-0.15, -0.1) is 0 Å². The van der Waals surface area contributed by atoms with Crippen LogP contribution in [0.3, 0.4) is 0 Å². The molecule has 0 radical (unpaired) electrons. The zero-order valence-corrected chi connectivity index (χ0v) is 16.9. The summed E-state index contributed by atoms with van der Waals surface area (Å²) in [5.41, 5.74) is 0.349. The summed E-state index contributed by atoms with van der Waals surface area (Å²) in [5.74, 6) is 0.887. The molecule has 138 valence electrons. The standard InChI is InChI=1S/C19H27Cl2N3O/c1-5-6-9-19(25-13-12-23(2)3,18-22-10-11-24(18)4)15-7-8-16(20)17(21)14-15/h7-8,10-11,14H,5-6,9,12-13H2,1-4H3. The number of rotatable bonds is 9. The van der Waals surface area contributed by atoms with Gasteiger partial charge in [-0.1, -0.05) is 49.0 Å². The summed E-state index contributed by atoms with van der Waals surface area (Å²) in [6.45, 7) is 3.61. The summed E-state index contributed by atoms with van der Waals surface area (Å²) >= 11 is 12.5. The number of likely N-dealkylation sites (N-methyl/N-ethyl adjacent to an activating group) is 1. The largest absolute Gasteiger partial charge is 0.361 e. The van der Waals surface area contributed by atoms with Gasteiger partial charge < -0.3 is 14.2 Å². The van der Waals surface area contributed by atoms with Gasteiger partial charge in [0, 0.05) is 26.0 Å². The fourth-order valence-electron chi connectivity index (χ4n) is 2.94. The highest BCUT2D eigenvalue weighted by molar-refractivity contribution is 6.42. The minimum Gasteiger partial charge on any atom is -0.361 e. The molecule has 0 aliphatic heterocycles. The number of ether oxygens (including phenoxy) is 1. The van der Waals surface area contributed by atoms with Crippen molar-refractivity contribution in [3.63, 3.8) is 0 Å². The monoisotopic (exact) mass is 383 g/mol. The van der Waals surface area contributed by atoms with Gasteiger partial charge in [-0.3, -0.25) is 0 Å². The molecule has 0 spiro atoms. The number of aromatic nitrogens is 2. The molecular weight excluding hydrogens is 357 g/mol. The van der Waals surface area contributed by atoms with Crippen LogP contribution in [0, 0.1) is 0 Å². The summed E-state index contributed by atoms with van der Waals surface area (Å²) in [5, 5.41) is 1.08. The van der Waals surface area contributed by atoms with Gasteiger partial charge in [0.05, 0.1) is 16.7 Å². The molecule has 0 saturated heterocycles. The Labute approximate surface area is 160 Å². The van der Waals surface area contributed by atoms with Crippen molar-refractivity contribution in [2.24, 2.45) is 7.05 Å². The molecule has 1 atom stereocenters. The molecule has 0 N–H and O–H groups in total. The summed E-state index contributed by atoms with van der Waals surface area (Å²) < 4.78 is 8.54. The third-order valence-corrected chi connectivity index (χ3v) is 5.08. The zero-order chi connectivity index (χ0) is 18.4. The normalized spacial score (nSPS) is 14.0. The number of hydrogen-bond donors (Lipinski definition) is 0. The molecule has 6 heteroatoms. The molecule has 25 heavy (non-hydrogen) atoms. The Bertz CT molecular complexity index is 687. The lowest BCUT2D eigenvalue weighted by Gasteiger charge is -2.35. The van der Waals surface area contributed by atoms with Crippen LogP contribution in [-0.2, 0) is 17.4 Å². The summed E-state index contributed by atoms with van der Waals surface area (Å²) in [6, 6.07) is 5.73. The molecule has 1 aromatic heterocycles. The third-order valence-electron chi connectivity index (χ3n) is 4.34. The van der Waals surface area contributed by atoms with E-state index in [-0.39, 0.29) is 0 Å². The van der Waals surface area contributed by atoms with E-state index in [4.69, 9.17) is 27.9 Å². The van der Waals surface area contributed by atoms with Crippen molar-refractivity contribution in [3.05, 3.63) is 52.0 Å². The molecule has 0 amide bonds. The van der Waals surface area contributed by atoms with E-state index in [0.717, 1.165) is 37.2 Å². The Hall–Kier alpha value is -1.07. The maximum absolute atomic E-state index is 6.52. The van der Waals surface area contributed by atoms with Crippen molar-refractivity contribution >= 4 is 23.2 Å². The smallest absolute Gasteiger partial charge is 0.151 e. The predicted molar refractivity (Wildman–Crippen MR) is 104 cm³/mol. The van der Waals surface area contributed by atoms with Crippen LogP contribution in [0.4, 0.5) is 0 Å². The van der Waals surface area contributed by atoms with Gasteiger partial charge in [0.1, 0.15) is 5.82 Å². The van der Waals surface area contributed by atoms with E-state index in [1.165, 1.54) is 0 Å². The van der Waals surface area contributed by atoms with Gasteiger partial charge in [-0.25, -0.2) is 4.98 Å². The molecule has 2 rings (SSSR count). The quantitative estimate of drug-likeness (QED) is 0.626. The van der Waals surface area contributed by atoms with Crippen molar-refractivity contribution in [1.82, 2.24) is 14.5 Å². The Balaban J connectivity index is 2.52. The molecule has 1 aromatic carbocycles. The van der Waals surface area contributed by atoms with Crippen LogP contribution in [0.25, 0.3) is 0 Å². The molecule has 2 aromatic rings. The van der Waals surface area contributed by atoms with E-state index in [1.54, 1.807) is 0 Å². The van der Waals surface area contributed by atoms with E-state index in [0.29, 0.717) is 16.7 Å². The molecule has 0 aliphatic rings. The molecular formula is C19H27Cl2N3O. The van der Waals surface area contributed by atoms with Crippen molar-refractivity contribution in [1.29, 1.82) is 0 Å². The maximum Gasteiger partial charge on any atom is 0.151 e. The first-order valence-corrected chi connectivity index (χ1v) is 9.38. The number of aryl methyl sites for hydroxylation is 1. The van der Waals surface area contributed by atoms with E-state index in [2.05, 4.69) is 16.8 Å². The van der Waals surface area contributed by atoms with E-state index < -0.39 is 5.60 Å². The Morgan fingerprint density at radius 2 is 2.00 bits per heavy atom. The summed E-state index contributed by atoms with van der Waals surface area (Å²) in [7, 11) is 6.07. The van der Waals surface area contributed by atoms with Gasteiger partial charge in [0.15, 0.2) is 5.60 Å². The first-order valence-electron chi connectivity index (χ1n) is 8.62. The average Bonchev–Trinajstić information content (AvgIpc) is 3.00. The first kappa shape index (κ1) is 20.2. The Morgan fingerprint density at radius 1 is 1.24 bits per heavy atom. The number of nitrogens with zero attached hydrogens (tertiary/aromatic N) is 3. The van der Waals surface area contributed by atoms with Gasteiger partial charge in [-0.05, 0) is 38.2 Å². The van der Waals surface area contributed by atoms with Crippen LogP contribution in [0.2, 0.25) is 10.0 Å². The van der Waals surface area contributed by atoms with Crippen LogP contribution in [0.1, 0.15) is 37.6 Å². The summed E-state index contributed by atoms with van der Waals surface area (Å²) in [4.78, 5) is 6.72. The number of unbranched alkanes of at least 4 members (excludes halogenated alkanes) is 1. The van der Waals surface area contributed by atoms with Gasteiger partial charge >= 0.3 is 0 Å². The number of halogens is 2. The van der Waals surface area contributed by atoms with Crippen molar-refractivity contribution in [2.75, 3.05) is 27.2 Å². The highest BCUT2D eigenvalue weighted by Crippen LogP contribution is 2.39. The minimum atomic E-state index is -0.640. The highest BCUT2D eigenvalue weighted by Gasteiger charge is 2.39. The molecule has 0 bridgehead atoms. The van der Waals surface area contributed by atoms with Gasteiger partial charge in [0.2, 0.25) is 0 Å². The topological polar surface area (TPSA) is 30.3 Å². The van der Waals surface area contributed by atoms with Crippen LogP contribution < -0.4 is 0 Å². The van der Waals surface area contributed by atoms with Crippen molar-refractivity contribution < 1.29 is 4.74 Å². The lowest BCUT2D eigenvalue weighted by molar-refractivity contribution is -0.0391. The van der Waals surface area contributed by atoms with E-state index in [1.807, 2.05) is 56.3 Å². The van der Waals surface area contributed by atoms with Crippen molar-refractivity contribution in [2.45, 2.75) is 31.8 Å². The zero-order valence-electron chi connectivity index (χ0n) is 15.4. The highest BCUT2D eigenvalue weighted by atomic mass is 35.5. The van der Waals surface area contributed by atoms with Crippen LogP contribution in [0.15, 0.2) is 30.6 Å². The lowest BCUT2D eigenvalue weighted by Crippen LogP contribution is -2.36. The third kappa shape index (κ3) is 4.76. The second-order valence-electron chi connectivity index (χ2n) is 6.57. The SMILES string of the molecule is CCCCC(OCCN(C)C)(c1ccc(Cl)c(Cl)c1)c1nccn1C. The van der Waals surface area contributed by atoms with Crippen molar-refractivity contribution in [3.8, 4) is 0 Å². The number of imidazole rings is 1. The minimum absolute atomic E-state index is 0.533. The first-order chi connectivity index (χ1) is 11.9. The van der Waals surface area contributed by atoms with Crippen LogP contribution >= 0.6 is 23.2 Å². The molecule has 0 aliphatic carbocycles. The molecule has 1 unspecified atom stereocenters. The number of benzene rings is 1. The van der Waals surface area contributed by atoms with Crippen LogP contribution in [0.5, 0.6) is 0 Å². The number of hydrogen-bond acceptors (Lipinski definition) is 3. The Kier molecular flexibility index (Phi) is 7.32. The second kappa shape index (κ2) is 9.04. The lowest BCUT2D eigenvalue weighted by atomic mass is 9.87.